The summed E-state index contributed by atoms with van der Waals surface area (Å²) < 4.78 is 10.2. The largest absolute Gasteiger partial charge is 0.464 e. The molecular formula is C42H78N4O8. The van der Waals surface area contributed by atoms with Gasteiger partial charge in [-0.1, -0.05) is 117 Å². The van der Waals surface area contributed by atoms with E-state index in [1.54, 1.807) is 13.8 Å². The van der Waals surface area contributed by atoms with Gasteiger partial charge in [0, 0.05) is 25.9 Å². The Morgan fingerprint density at radius 2 is 0.722 bits per heavy atom. The molecule has 54 heavy (non-hydrogen) atoms. The molecule has 0 rings (SSSR count). The lowest BCUT2D eigenvalue weighted by atomic mass is 10.1. The molecule has 0 bridgehead atoms. The third-order valence-electron chi connectivity index (χ3n) is 9.46. The Balaban J connectivity index is 4.53. The van der Waals surface area contributed by atoms with Gasteiger partial charge in [0.2, 0.25) is 11.8 Å². The molecule has 0 aliphatic rings. The minimum Gasteiger partial charge on any atom is -0.464 e. The summed E-state index contributed by atoms with van der Waals surface area (Å²) in [5.74, 6) is -3.41. The van der Waals surface area contributed by atoms with Crippen LogP contribution in [0.3, 0.4) is 0 Å². The number of amides is 4. The molecule has 0 aromatic heterocycles. The van der Waals surface area contributed by atoms with Crippen LogP contribution in [0.2, 0.25) is 0 Å². The second kappa shape index (κ2) is 36.8. The molecule has 0 aromatic rings. The summed E-state index contributed by atoms with van der Waals surface area (Å²) in [6, 6.07) is -2.11. The first-order chi connectivity index (χ1) is 26.2. The summed E-state index contributed by atoms with van der Waals surface area (Å²) in [7, 11) is 0. The minimum absolute atomic E-state index is 0.00936. The number of carbonyl (C=O) groups excluding carboxylic acids is 6. The van der Waals surface area contributed by atoms with Crippen molar-refractivity contribution in [3.8, 4) is 0 Å². The summed E-state index contributed by atoms with van der Waals surface area (Å²) in [5, 5.41) is 10.7. The number of carbonyl (C=O) groups is 6. The van der Waals surface area contributed by atoms with E-state index in [9.17, 15) is 28.8 Å². The smallest absolute Gasteiger partial charge is 0.328 e. The summed E-state index contributed by atoms with van der Waals surface area (Å²) >= 11 is 0. The molecule has 0 saturated carbocycles. The summed E-state index contributed by atoms with van der Waals surface area (Å²) in [6.07, 6.45) is 25.1. The van der Waals surface area contributed by atoms with E-state index in [1.807, 2.05) is 0 Å². The maximum Gasteiger partial charge on any atom is 0.328 e. The van der Waals surface area contributed by atoms with Crippen molar-refractivity contribution in [2.45, 2.75) is 207 Å². The molecule has 12 heteroatoms. The molecule has 0 aliphatic heterocycles. The highest BCUT2D eigenvalue weighted by molar-refractivity contribution is 6.35. The normalized spacial score (nSPS) is 12.0. The first-order valence-electron chi connectivity index (χ1n) is 21.7. The SMILES string of the molecule is CCCCCCCCCCCC(=O)NCCCC[C@H](NC(=O)C(=O)N[C@@H](CCCCNC(=O)CCCCCCCCCCC)C(=O)OCC)C(=O)OCC. The Kier molecular flexibility index (Phi) is 34.6. The zero-order valence-electron chi connectivity index (χ0n) is 34.6. The molecule has 0 radical (unpaired) electrons. The van der Waals surface area contributed by atoms with E-state index in [0.717, 1.165) is 38.5 Å². The second-order valence-corrected chi connectivity index (χ2v) is 14.4. The zero-order chi connectivity index (χ0) is 40.1. The Hall–Kier alpha value is -3.18. The predicted octanol–water partition coefficient (Wildman–Crippen LogP) is 7.50. The van der Waals surface area contributed by atoms with Crippen LogP contribution in [0.4, 0.5) is 0 Å². The molecule has 0 unspecified atom stereocenters. The van der Waals surface area contributed by atoms with Gasteiger partial charge in [0.15, 0.2) is 0 Å². The third kappa shape index (κ3) is 30.2. The number of rotatable bonds is 36. The standard InChI is InChI=1S/C42H78N4O8/c1-5-9-11-13-15-17-19-21-23-31-37(47)43-33-27-25-29-35(41(51)53-7-3)45-39(49)40(50)46-36(42(52)54-8-4)30-26-28-34-44-38(48)32-24-22-20-18-16-14-12-10-6-2/h35-36H,5-34H2,1-4H3,(H,43,47)(H,44,48)(H,45,49)(H,46,50)/t35-,36-/m0/s1. The second-order valence-electron chi connectivity index (χ2n) is 14.4. The molecule has 4 amide bonds. The number of nitrogens with one attached hydrogen (secondary N) is 4. The highest BCUT2D eigenvalue weighted by Gasteiger charge is 2.29. The van der Waals surface area contributed by atoms with Crippen molar-refractivity contribution >= 4 is 35.6 Å². The molecule has 2 atom stereocenters. The molecule has 0 heterocycles. The Labute approximate surface area is 327 Å². The summed E-state index contributed by atoms with van der Waals surface area (Å²) in [5.41, 5.74) is 0. The van der Waals surface area contributed by atoms with E-state index in [1.165, 1.54) is 77.0 Å². The van der Waals surface area contributed by atoms with Crippen molar-refractivity contribution in [1.29, 1.82) is 0 Å². The average Bonchev–Trinajstić information content (AvgIpc) is 3.15. The molecule has 0 spiro atoms. The van der Waals surface area contributed by atoms with Crippen LogP contribution >= 0.6 is 0 Å². The molecule has 314 valence electrons. The van der Waals surface area contributed by atoms with Crippen LogP contribution in [0.15, 0.2) is 0 Å². The van der Waals surface area contributed by atoms with Crippen LogP contribution in [0, 0.1) is 0 Å². The van der Waals surface area contributed by atoms with Crippen molar-refractivity contribution < 1.29 is 38.2 Å². The summed E-state index contributed by atoms with van der Waals surface area (Å²) in [4.78, 5) is 75.3. The van der Waals surface area contributed by atoms with Gasteiger partial charge < -0.3 is 30.7 Å². The molecule has 0 fully saturated rings. The van der Waals surface area contributed by atoms with E-state index in [2.05, 4.69) is 35.1 Å². The third-order valence-corrected chi connectivity index (χ3v) is 9.46. The highest BCUT2D eigenvalue weighted by atomic mass is 16.5. The van der Waals surface area contributed by atoms with Gasteiger partial charge in [0.1, 0.15) is 12.1 Å². The van der Waals surface area contributed by atoms with Crippen LogP contribution < -0.4 is 21.3 Å². The number of esters is 2. The van der Waals surface area contributed by atoms with Crippen LogP contribution in [0.5, 0.6) is 0 Å². The molecular weight excluding hydrogens is 688 g/mol. The lowest BCUT2D eigenvalue weighted by molar-refractivity contribution is -0.151. The van der Waals surface area contributed by atoms with Gasteiger partial charge in [-0.25, -0.2) is 9.59 Å². The van der Waals surface area contributed by atoms with Crippen molar-refractivity contribution in [2.75, 3.05) is 26.3 Å². The lowest BCUT2D eigenvalue weighted by Gasteiger charge is -2.19. The summed E-state index contributed by atoms with van der Waals surface area (Å²) in [6.45, 7) is 8.85. The quantitative estimate of drug-likeness (QED) is 0.0289. The van der Waals surface area contributed by atoms with Crippen molar-refractivity contribution in [3.05, 3.63) is 0 Å². The first-order valence-corrected chi connectivity index (χ1v) is 21.7. The predicted molar refractivity (Wildman–Crippen MR) is 215 cm³/mol. The minimum atomic E-state index is -1.06. The topological polar surface area (TPSA) is 169 Å². The molecule has 0 saturated heterocycles. The number of hydrogen-bond acceptors (Lipinski definition) is 8. The van der Waals surface area contributed by atoms with E-state index >= 15 is 0 Å². The molecule has 0 aliphatic carbocycles. The molecule has 0 aromatic carbocycles. The van der Waals surface area contributed by atoms with Gasteiger partial charge in [-0.15, -0.1) is 0 Å². The van der Waals surface area contributed by atoms with Crippen molar-refractivity contribution in [1.82, 2.24) is 21.3 Å². The fraction of sp³-hybridized carbons (Fsp3) is 0.857. The number of hydrogen-bond donors (Lipinski definition) is 4. The average molecular weight is 767 g/mol. The fourth-order valence-corrected chi connectivity index (χ4v) is 6.20. The van der Waals surface area contributed by atoms with E-state index in [0.29, 0.717) is 51.6 Å². The van der Waals surface area contributed by atoms with Crippen LogP contribution in [-0.4, -0.2) is 74.0 Å². The fourth-order valence-electron chi connectivity index (χ4n) is 6.20. The Bertz CT molecular complexity index is 931. The van der Waals surface area contributed by atoms with Crippen LogP contribution in [-0.2, 0) is 38.2 Å². The van der Waals surface area contributed by atoms with Crippen molar-refractivity contribution in [2.24, 2.45) is 0 Å². The van der Waals surface area contributed by atoms with Gasteiger partial charge in [0.05, 0.1) is 13.2 Å². The zero-order valence-corrected chi connectivity index (χ0v) is 34.6. The maximum absolute atomic E-state index is 12.8. The maximum atomic E-state index is 12.8. The molecule has 4 N–H and O–H groups in total. The number of unbranched alkanes of at least 4 members (excludes halogenated alkanes) is 18. The highest BCUT2D eigenvalue weighted by Crippen LogP contribution is 2.12. The van der Waals surface area contributed by atoms with E-state index < -0.39 is 35.8 Å². The van der Waals surface area contributed by atoms with Gasteiger partial charge >= 0.3 is 23.8 Å². The monoisotopic (exact) mass is 767 g/mol. The Morgan fingerprint density at radius 3 is 1.04 bits per heavy atom. The van der Waals surface area contributed by atoms with E-state index in [-0.39, 0.29) is 37.9 Å². The lowest BCUT2D eigenvalue weighted by Crippen LogP contribution is -2.52. The van der Waals surface area contributed by atoms with Gasteiger partial charge in [-0.2, -0.15) is 0 Å². The van der Waals surface area contributed by atoms with Crippen molar-refractivity contribution in [3.63, 3.8) is 0 Å². The molecule has 12 nitrogen and oxygen atoms in total. The van der Waals surface area contributed by atoms with Crippen LogP contribution in [0.1, 0.15) is 195 Å². The van der Waals surface area contributed by atoms with E-state index in [4.69, 9.17) is 9.47 Å². The van der Waals surface area contributed by atoms with Crippen LogP contribution in [0.25, 0.3) is 0 Å². The van der Waals surface area contributed by atoms with Gasteiger partial charge in [-0.05, 0) is 65.2 Å². The Morgan fingerprint density at radius 1 is 0.407 bits per heavy atom. The van der Waals surface area contributed by atoms with Gasteiger partial charge in [-0.3, -0.25) is 19.2 Å². The van der Waals surface area contributed by atoms with Gasteiger partial charge in [0.25, 0.3) is 0 Å². The first kappa shape index (κ1) is 50.8. The number of ether oxygens (including phenoxy) is 2.